The number of rotatable bonds is 8. The Hall–Kier alpha value is -4.02. The summed E-state index contributed by atoms with van der Waals surface area (Å²) in [5.74, 6) is 0. The lowest BCUT2D eigenvalue weighted by molar-refractivity contribution is -0.252. The van der Waals surface area contributed by atoms with Crippen molar-refractivity contribution in [3.8, 4) is 0 Å². The minimum absolute atomic E-state index is 0.0282. The van der Waals surface area contributed by atoms with E-state index in [0.29, 0.717) is 24.2 Å². The second kappa shape index (κ2) is 11.2. The van der Waals surface area contributed by atoms with Crippen LogP contribution in [-0.4, -0.2) is 29.2 Å². The SMILES string of the molecule is O=S(=O)(Nc1cccc(C2O[C@H](Cn3cnc4ccccc43)C[C@H](c3ccc(CO)cc3)O2)c1)c1ccccc1. The van der Waals surface area contributed by atoms with E-state index in [9.17, 15) is 13.5 Å². The van der Waals surface area contributed by atoms with Gasteiger partial charge in [0.2, 0.25) is 0 Å². The summed E-state index contributed by atoms with van der Waals surface area (Å²) < 4.78 is 43.5. The molecule has 0 bridgehead atoms. The average Bonchev–Trinajstić information content (AvgIpc) is 3.40. The van der Waals surface area contributed by atoms with Crippen LogP contribution in [0.4, 0.5) is 5.69 Å². The number of benzene rings is 4. The van der Waals surface area contributed by atoms with Crippen molar-refractivity contribution in [3.05, 3.63) is 126 Å². The summed E-state index contributed by atoms with van der Waals surface area (Å²) in [6.07, 6.45) is 1.24. The number of imidazole rings is 1. The maximum Gasteiger partial charge on any atom is 0.261 e. The first-order chi connectivity index (χ1) is 19.5. The third-order valence-electron chi connectivity index (χ3n) is 7.01. The molecule has 0 radical (unpaired) electrons. The number of aliphatic hydroxyl groups is 1. The fourth-order valence-corrected chi connectivity index (χ4v) is 6.04. The molecular formula is C31H29N3O5S. The van der Waals surface area contributed by atoms with Gasteiger partial charge in [-0.1, -0.05) is 66.7 Å². The van der Waals surface area contributed by atoms with Crippen LogP contribution in [0, 0.1) is 0 Å². The number of fused-ring (bicyclic) bond motifs is 1. The van der Waals surface area contributed by atoms with Crippen molar-refractivity contribution in [2.45, 2.75) is 43.0 Å². The standard InChI is InChI=1S/C31H29N3O5S/c35-20-22-13-15-23(16-14-22)30-18-26(19-34-21-32-28-11-4-5-12-29(28)34)38-31(39-30)24-7-6-8-25(17-24)33-40(36,37)27-9-2-1-3-10-27/h1-17,21,26,30-31,33,35H,18-20H2/t26-,30+,31?/m0/s1. The van der Waals surface area contributed by atoms with Gasteiger partial charge in [-0.05, 0) is 47.5 Å². The number of hydrogen-bond acceptors (Lipinski definition) is 6. The van der Waals surface area contributed by atoms with Gasteiger partial charge in [-0.2, -0.15) is 0 Å². The average molecular weight is 556 g/mol. The lowest BCUT2D eigenvalue weighted by atomic mass is 10.00. The summed E-state index contributed by atoms with van der Waals surface area (Å²) in [6, 6.07) is 31.0. The summed E-state index contributed by atoms with van der Waals surface area (Å²) in [6.45, 7) is 0.547. The van der Waals surface area contributed by atoms with Crippen molar-refractivity contribution in [1.29, 1.82) is 0 Å². The minimum atomic E-state index is -3.75. The van der Waals surface area contributed by atoms with Crippen molar-refractivity contribution in [3.63, 3.8) is 0 Å². The van der Waals surface area contributed by atoms with Gasteiger partial charge < -0.3 is 19.1 Å². The van der Waals surface area contributed by atoms with Gasteiger partial charge in [-0.15, -0.1) is 0 Å². The van der Waals surface area contributed by atoms with Crippen molar-refractivity contribution < 1.29 is 23.0 Å². The lowest BCUT2D eigenvalue weighted by Crippen LogP contribution is -2.32. The highest BCUT2D eigenvalue weighted by atomic mass is 32.2. The summed E-state index contributed by atoms with van der Waals surface area (Å²) in [4.78, 5) is 4.70. The molecule has 4 aromatic carbocycles. The molecule has 3 atom stereocenters. The maximum absolute atomic E-state index is 12.9. The van der Waals surface area contributed by atoms with E-state index in [1.807, 2.05) is 60.9 Å². The molecule has 0 amide bonds. The summed E-state index contributed by atoms with van der Waals surface area (Å²) in [5, 5.41) is 9.47. The van der Waals surface area contributed by atoms with Crippen molar-refractivity contribution in [2.24, 2.45) is 0 Å². The highest BCUT2D eigenvalue weighted by molar-refractivity contribution is 7.92. The van der Waals surface area contributed by atoms with E-state index in [-0.39, 0.29) is 23.7 Å². The number of sulfonamides is 1. The molecule has 5 aromatic rings. The Balaban J connectivity index is 1.28. The molecule has 8 nitrogen and oxygen atoms in total. The van der Waals surface area contributed by atoms with Gasteiger partial charge in [0.05, 0.1) is 47.6 Å². The number of anilines is 1. The Kier molecular flexibility index (Phi) is 7.36. The minimum Gasteiger partial charge on any atom is -0.392 e. The molecule has 2 N–H and O–H groups in total. The number of para-hydroxylation sites is 2. The van der Waals surface area contributed by atoms with Crippen LogP contribution in [0.15, 0.2) is 114 Å². The summed E-state index contributed by atoms with van der Waals surface area (Å²) in [5.41, 5.74) is 4.86. The Bertz CT molecular complexity index is 1700. The van der Waals surface area contributed by atoms with E-state index in [2.05, 4.69) is 14.3 Å². The van der Waals surface area contributed by atoms with E-state index >= 15 is 0 Å². The fraction of sp³-hybridized carbons (Fsp3) is 0.194. The highest BCUT2D eigenvalue weighted by Crippen LogP contribution is 2.39. The molecule has 1 saturated heterocycles. The zero-order valence-electron chi connectivity index (χ0n) is 21.6. The predicted octanol–water partition coefficient (Wildman–Crippen LogP) is 5.58. The summed E-state index contributed by atoms with van der Waals surface area (Å²) >= 11 is 0. The second-order valence-electron chi connectivity index (χ2n) is 9.78. The maximum atomic E-state index is 12.9. The van der Waals surface area contributed by atoms with E-state index in [4.69, 9.17) is 9.47 Å². The Morgan fingerprint density at radius 1 is 0.875 bits per heavy atom. The first-order valence-corrected chi connectivity index (χ1v) is 14.6. The van der Waals surface area contributed by atoms with E-state index in [1.165, 1.54) is 0 Å². The third-order valence-corrected chi connectivity index (χ3v) is 8.40. The Morgan fingerprint density at radius 3 is 2.45 bits per heavy atom. The smallest absolute Gasteiger partial charge is 0.261 e. The largest absolute Gasteiger partial charge is 0.392 e. The molecule has 9 heteroatoms. The Labute approximate surface area is 232 Å². The monoisotopic (exact) mass is 555 g/mol. The van der Waals surface area contributed by atoms with Crippen molar-refractivity contribution in [1.82, 2.24) is 9.55 Å². The first-order valence-electron chi connectivity index (χ1n) is 13.1. The van der Waals surface area contributed by atoms with Gasteiger partial charge in [0.25, 0.3) is 10.0 Å². The molecule has 0 saturated carbocycles. The topological polar surface area (TPSA) is 103 Å². The van der Waals surface area contributed by atoms with Gasteiger partial charge in [0.1, 0.15) is 0 Å². The van der Waals surface area contributed by atoms with E-state index in [1.54, 1.807) is 48.5 Å². The quantitative estimate of drug-likeness (QED) is 0.259. The highest BCUT2D eigenvalue weighted by Gasteiger charge is 2.33. The van der Waals surface area contributed by atoms with Gasteiger partial charge in [0, 0.05) is 17.7 Å². The van der Waals surface area contributed by atoms with E-state index < -0.39 is 16.3 Å². The molecule has 6 rings (SSSR count). The second-order valence-corrected chi connectivity index (χ2v) is 11.5. The zero-order valence-corrected chi connectivity index (χ0v) is 22.4. The number of hydrogen-bond donors (Lipinski definition) is 2. The molecule has 1 unspecified atom stereocenters. The van der Waals surface area contributed by atoms with Crippen LogP contribution in [0.3, 0.4) is 0 Å². The zero-order chi connectivity index (χ0) is 27.5. The van der Waals surface area contributed by atoms with Crippen LogP contribution < -0.4 is 4.72 Å². The molecule has 0 spiro atoms. The predicted molar refractivity (Wildman–Crippen MR) is 152 cm³/mol. The molecule has 40 heavy (non-hydrogen) atoms. The molecule has 1 aliphatic rings. The van der Waals surface area contributed by atoms with Crippen LogP contribution in [0.1, 0.15) is 35.5 Å². The van der Waals surface area contributed by atoms with Gasteiger partial charge >= 0.3 is 0 Å². The van der Waals surface area contributed by atoms with Crippen molar-refractivity contribution in [2.75, 3.05) is 4.72 Å². The molecule has 0 aliphatic carbocycles. The normalized spacial score (nSPS) is 19.5. The van der Waals surface area contributed by atoms with Crippen molar-refractivity contribution >= 4 is 26.7 Å². The van der Waals surface area contributed by atoms with Crippen LogP contribution in [0.25, 0.3) is 11.0 Å². The fourth-order valence-electron chi connectivity index (χ4n) is 4.97. The third kappa shape index (κ3) is 5.64. The Morgan fingerprint density at radius 2 is 1.65 bits per heavy atom. The summed E-state index contributed by atoms with van der Waals surface area (Å²) in [7, 11) is -3.75. The molecular weight excluding hydrogens is 526 g/mol. The van der Waals surface area contributed by atoms with Crippen LogP contribution in [-0.2, 0) is 32.6 Å². The van der Waals surface area contributed by atoms with E-state index in [0.717, 1.165) is 22.2 Å². The number of aromatic nitrogens is 2. The lowest BCUT2D eigenvalue weighted by Gasteiger charge is -2.36. The molecule has 1 aromatic heterocycles. The van der Waals surface area contributed by atoms with Crippen LogP contribution in [0.2, 0.25) is 0 Å². The van der Waals surface area contributed by atoms with Gasteiger partial charge in [-0.3, -0.25) is 4.72 Å². The van der Waals surface area contributed by atoms with Gasteiger partial charge in [0.15, 0.2) is 6.29 Å². The van der Waals surface area contributed by atoms with Gasteiger partial charge in [-0.25, -0.2) is 13.4 Å². The molecule has 1 aliphatic heterocycles. The molecule has 1 fully saturated rings. The number of ether oxygens (including phenoxy) is 2. The number of aliphatic hydroxyl groups excluding tert-OH is 1. The molecule has 204 valence electrons. The number of nitrogens with one attached hydrogen (secondary N) is 1. The van der Waals surface area contributed by atoms with Crippen LogP contribution >= 0.6 is 0 Å². The van der Waals surface area contributed by atoms with Crippen LogP contribution in [0.5, 0.6) is 0 Å². The molecule has 2 heterocycles. The first kappa shape index (κ1) is 26.2. The number of nitrogens with zero attached hydrogens (tertiary/aromatic N) is 2.